The summed E-state index contributed by atoms with van der Waals surface area (Å²) in [5.41, 5.74) is 7.11. The Hall–Kier alpha value is -0.740. The molecule has 1 aliphatic carbocycles. The molecule has 0 spiro atoms. The molecule has 12 heavy (non-hydrogen) atoms. The van der Waals surface area contributed by atoms with E-state index >= 15 is 0 Å². The Bertz CT molecular complexity index is 241. The number of hydrogen-bond acceptors (Lipinski definition) is 1. The lowest BCUT2D eigenvalue weighted by atomic mass is 9.79. The first-order valence-corrected chi connectivity index (χ1v) is 4.50. The standard InChI is InChI=1S/C11H17N/c1-10(9-12)8-11(2)6-4-3-5-7-11/h8H,4,6-7,9,12H2,1-2H3/b10-8+. The zero-order valence-electron chi connectivity index (χ0n) is 7.98. The van der Waals surface area contributed by atoms with Gasteiger partial charge in [0, 0.05) is 19.4 Å². The van der Waals surface area contributed by atoms with Crippen molar-refractivity contribution in [2.45, 2.75) is 33.1 Å². The van der Waals surface area contributed by atoms with Crippen LogP contribution >= 0.6 is 0 Å². The summed E-state index contributed by atoms with van der Waals surface area (Å²) < 4.78 is 0. The number of rotatable bonds is 2. The third kappa shape index (κ3) is 2.39. The van der Waals surface area contributed by atoms with Gasteiger partial charge in [-0.1, -0.05) is 18.6 Å². The maximum absolute atomic E-state index is 5.54. The van der Waals surface area contributed by atoms with Crippen molar-refractivity contribution in [3.63, 3.8) is 0 Å². The lowest BCUT2D eigenvalue weighted by molar-refractivity contribution is 0.398. The summed E-state index contributed by atoms with van der Waals surface area (Å²) in [6, 6.07) is 0. The molecule has 0 bridgehead atoms. The summed E-state index contributed by atoms with van der Waals surface area (Å²) in [5, 5.41) is 0. The highest BCUT2D eigenvalue weighted by Gasteiger charge is 2.21. The van der Waals surface area contributed by atoms with E-state index in [0.29, 0.717) is 6.54 Å². The molecule has 1 rings (SSSR count). The van der Waals surface area contributed by atoms with E-state index < -0.39 is 0 Å². The van der Waals surface area contributed by atoms with E-state index in [1.807, 2.05) is 0 Å². The van der Waals surface area contributed by atoms with Gasteiger partial charge in [0.25, 0.3) is 0 Å². The van der Waals surface area contributed by atoms with Gasteiger partial charge < -0.3 is 5.73 Å². The lowest BCUT2D eigenvalue weighted by Crippen LogP contribution is -2.16. The van der Waals surface area contributed by atoms with Gasteiger partial charge in [-0.2, -0.15) is 0 Å². The van der Waals surface area contributed by atoms with Crippen LogP contribution in [0, 0.1) is 17.3 Å². The molecule has 0 saturated carbocycles. The first-order valence-electron chi connectivity index (χ1n) is 4.50. The first-order chi connectivity index (χ1) is 5.66. The second kappa shape index (κ2) is 3.78. The monoisotopic (exact) mass is 163 g/mol. The van der Waals surface area contributed by atoms with E-state index in [0.717, 1.165) is 12.8 Å². The predicted molar refractivity (Wildman–Crippen MR) is 52.5 cm³/mol. The van der Waals surface area contributed by atoms with E-state index in [2.05, 4.69) is 31.8 Å². The SMILES string of the molecule is C/C(=C\C1(C)CC#CCC1)CN. The van der Waals surface area contributed by atoms with Crippen LogP contribution in [0.4, 0.5) is 0 Å². The van der Waals surface area contributed by atoms with Crippen LogP contribution in [0.1, 0.15) is 33.1 Å². The second-order valence-corrected chi connectivity index (χ2v) is 3.88. The van der Waals surface area contributed by atoms with Crippen molar-refractivity contribution in [2.75, 3.05) is 6.54 Å². The third-order valence-corrected chi connectivity index (χ3v) is 2.36. The second-order valence-electron chi connectivity index (χ2n) is 3.88. The fraction of sp³-hybridized carbons (Fsp3) is 0.636. The van der Waals surface area contributed by atoms with Gasteiger partial charge >= 0.3 is 0 Å². The van der Waals surface area contributed by atoms with Gasteiger partial charge in [0.05, 0.1) is 0 Å². The third-order valence-electron chi connectivity index (χ3n) is 2.36. The van der Waals surface area contributed by atoms with E-state index in [9.17, 15) is 0 Å². The van der Waals surface area contributed by atoms with Crippen molar-refractivity contribution in [1.82, 2.24) is 0 Å². The Morgan fingerprint density at radius 2 is 2.33 bits per heavy atom. The van der Waals surface area contributed by atoms with Gasteiger partial charge in [-0.3, -0.25) is 0 Å². The van der Waals surface area contributed by atoms with Crippen LogP contribution < -0.4 is 5.73 Å². The average molecular weight is 163 g/mol. The highest BCUT2D eigenvalue weighted by Crippen LogP contribution is 2.31. The summed E-state index contributed by atoms with van der Waals surface area (Å²) in [4.78, 5) is 0. The highest BCUT2D eigenvalue weighted by molar-refractivity contribution is 5.16. The van der Waals surface area contributed by atoms with Crippen LogP contribution in [0.5, 0.6) is 0 Å². The molecular weight excluding hydrogens is 146 g/mol. The Morgan fingerprint density at radius 1 is 1.58 bits per heavy atom. The van der Waals surface area contributed by atoms with Crippen molar-refractivity contribution in [3.05, 3.63) is 11.6 Å². The van der Waals surface area contributed by atoms with Gasteiger partial charge in [-0.05, 0) is 18.8 Å². The van der Waals surface area contributed by atoms with Crippen LogP contribution in [0.3, 0.4) is 0 Å². The molecule has 1 atom stereocenters. The number of nitrogens with two attached hydrogens (primary N) is 1. The molecule has 0 heterocycles. The molecule has 0 amide bonds. The molecule has 1 unspecified atom stereocenters. The molecule has 0 fully saturated rings. The van der Waals surface area contributed by atoms with Crippen molar-refractivity contribution in [2.24, 2.45) is 11.1 Å². The lowest BCUT2D eigenvalue weighted by Gasteiger charge is -2.25. The number of allylic oxidation sites excluding steroid dienone is 1. The van der Waals surface area contributed by atoms with Crippen molar-refractivity contribution < 1.29 is 0 Å². The average Bonchev–Trinajstić information content (AvgIpc) is 2.05. The van der Waals surface area contributed by atoms with Gasteiger partial charge in [0.2, 0.25) is 0 Å². The number of hydrogen-bond donors (Lipinski definition) is 1. The van der Waals surface area contributed by atoms with E-state index in [1.54, 1.807) is 0 Å². The zero-order chi connectivity index (χ0) is 9.03. The van der Waals surface area contributed by atoms with Gasteiger partial charge in [0.1, 0.15) is 0 Å². The summed E-state index contributed by atoms with van der Waals surface area (Å²) in [5.74, 6) is 6.29. The van der Waals surface area contributed by atoms with Crippen molar-refractivity contribution in [1.29, 1.82) is 0 Å². The quantitative estimate of drug-likeness (QED) is 0.489. The molecule has 1 heteroatoms. The predicted octanol–water partition coefficient (Wildman–Crippen LogP) is 2.08. The molecular formula is C11H17N. The molecule has 0 saturated heterocycles. The van der Waals surface area contributed by atoms with Gasteiger partial charge in [-0.25, -0.2) is 0 Å². The van der Waals surface area contributed by atoms with Gasteiger partial charge in [-0.15, -0.1) is 11.8 Å². The van der Waals surface area contributed by atoms with E-state index in [4.69, 9.17) is 5.73 Å². The smallest absolute Gasteiger partial charge is 0.0178 e. The first kappa shape index (κ1) is 9.35. The molecule has 1 nitrogen and oxygen atoms in total. The Balaban J connectivity index is 2.68. The molecule has 0 radical (unpaired) electrons. The largest absolute Gasteiger partial charge is 0.327 e. The van der Waals surface area contributed by atoms with Crippen LogP contribution in [0.2, 0.25) is 0 Å². The van der Waals surface area contributed by atoms with Crippen LogP contribution in [-0.2, 0) is 0 Å². The Kier molecular flexibility index (Phi) is 2.94. The van der Waals surface area contributed by atoms with E-state index in [-0.39, 0.29) is 5.41 Å². The zero-order valence-corrected chi connectivity index (χ0v) is 7.98. The molecule has 0 aromatic carbocycles. The van der Waals surface area contributed by atoms with Crippen LogP contribution in [0.25, 0.3) is 0 Å². The maximum atomic E-state index is 5.54. The van der Waals surface area contributed by atoms with Gasteiger partial charge in [0.15, 0.2) is 0 Å². The molecule has 0 aromatic rings. The molecule has 0 aromatic heterocycles. The summed E-state index contributed by atoms with van der Waals surface area (Å²) in [7, 11) is 0. The molecule has 1 aliphatic rings. The maximum Gasteiger partial charge on any atom is 0.0178 e. The van der Waals surface area contributed by atoms with Crippen molar-refractivity contribution >= 4 is 0 Å². The highest BCUT2D eigenvalue weighted by atomic mass is 14.5. The summed E-state index contributed by atoms with van der Waals surface area (Å²) >= 11 is 0. The minimum atomic E-state index is 0.286. The van der Waals surface area contributed by atoms with Crippen LogP contribution in [0.15, 0.2) is 11.6 Å². The topological polar surface area (TPSA) is 26.0 Å². The normalized spacial score (nSPS) is 29.4. The van der Waals surface area contributed by atoms with Crippen molar-refractivity contribution in [3.8, 4) is 11.8 Å². The molecule has 0 aliphatic heterocycles. The summed E-state index contributed by atoms with van der Waals surface area (Å²) in [6.45, 7) is 5.02. The van der Waals surface area contributed by atoms with Crippen LogP contribution in [-0.4, -0.2) is 6.54 Å². The minimum Gasteiger partial charge on any atom is -0.327 e. The van der Waals surface area contributed by atoms with E-state index in [1.165, 1.54) is 12.0 Å². The Morgan fingerprint density at radius 3 is 2.83 bits per heavy atom. The fourth-order valence-electron chi connectivity index (χ4n) is 1.57. The fourth-order valence-corrected chi connectivity index (χ4v) is 1.57. The minimum absolute atomic E-state index is 0.286. The molecule has 2 N–H and O–H groups in total. The molecule has 66 valence electrons. The summed E-state index contributed by atoms with van der Waals surface area (Å²) in [6.07, 6.45) is 5.49. The Labute approximate surface area is 75.0 Å².